The number of hydrogen-bond acceptors (Lipinski definition) is 5. The summed E-state index contributed by atoms with van der Waals surface area (Å²) in [7, 11) is 2.08. The van der Waals surface area contributed by atoms with Gasteiger partial charge in [0, 0.05) is 18.7 Å². The lowest BCUT2D eigenvalue weighted by Crippen LogP contribution is -2.31. The molecule has 0 saturated heterocycles. The van der Waals surface area contributed by atoms with E-state index in [1.54, 1.807) is 6.33 Å². The molecule has 1 atom stereocenters. The van der Waals surface area contributed by atoms with Crippen LogP contribution in [0.4, 0.5) is 11.6 Å². The van der Waals surface area contributed by atoms with Gasteiger partial charge in [0.05, 0.1) is 0 Å². The van der Waals surface area contributed by atoms with Gasteiger partial charge in [0.1, 0.15) is 18.0 Å². The second kappa shape index (κ2) is 6.54. The van der Waals surface area contributed by atoms with Gasteiger partial charge in [-0.15, -0.1) is 0 Å². The van der Waals surface area contributed by atoms with Crippen LogP contribution in [0.25, 0.3) is 0 Å². The summed E-state index contributed by atoms with van der Waals surface area (Å²) >= 11 is 0. The van der Waals surface area contributed by atoms with Gasteiger partial charge >= 0.3 is 0 Å². The molecule has 0 aromatic carbocycles. The molecule has 1 unspecified atom stereocenters. The number of rotatable bonds is 6. The van der Waals surface area contributed by atoms with E-state index < -0.39 is 0 Å². The van der Waals surface area contributed by atoms with Gasteiger partial charge in [-0.2, -0.15) is 0 Å². The lowest BCUT2D eigenvalue weighted by atomic mass is 10.0. The molecule has 1 heterocycles. The topological polar surface area (TPSA) is 67.1 Å². The third-order valence-electron chi connectivity index (χ3n) is 3.28. The van der Waals surface area contributed by atoms with Crippen LogP contribution in [0.5, 0.6) is 0 Å². The summed E-state index contributed by atoms with van der Waals surface area (Å²) in [6.07, 6.45) is 3.87. The molecule has 1 aromatic rings. The van der Waals surface area contributed by atoms with Crippen molar-refractivity contribution >= 4 is 11.6 Å². The highest BCUT2D eigenvalue weighted by molar-refractivity contribution is 5.59. The molecule has 0 aliphatic rings. The maximum absolute atomic E-state index is 5.53. The van der Waals surface area contributed by atoms with Crippen LogP contribution in [0.15, 0.2) is 6.33 Å². The minimum atomic E-state index is 0.323. The van der Waals surface area contributed by atoms with Gasteiger partial charge < -0.3 is 10.3 Å². The third kappa shape index (κ3) is 3.10. The van der Waals surface area contributed by atoms with Crippen LogP contribution in [0.3, 0.4) is 0 Å². The molecule has 1 rings (SSSR count). The highest BCUT2D eigenvalue weighted by Gasteiger charge is 2.19. The monoisotopic (exact) mass is 251 g/mol. The summed E-state index contributed by atoms with van der Waals surface area (Å²) in [6.45, 7) is 8.66. The number of nitrogens with zero attached hydrogens (tertiary/aromatic N) is 3. The van der Waals surface area contributed by atoms with E-state index in [1.807, 2.05) is 0 Å². The molecule has 0 radical (unpaired) electrons. The van der Waals surface area contributed by atoms with Gasteiger partial charge in [0.2, 0.25) is 0 Å². The smallest absolute Gasteiger partial charge is 0.148 e. The summed E-state index contributed by atoms with van der Waals surface area (Å²) in [5.74, 6) is 7.54. The minimum Gasteiger partial charge on any atom is -0.357 e. The van der Waals surface area contributed by atoms with Crippen molar-refractivity contribution in [3.63, 3.8) is 0 Å². The van der Waals surface area contributed by atoms with Gasteiger partial charge in [-0.1, -0.05) is 27.2 Å². The molecule has 102 valence electrons. The molecule has 18 heavy (non-hydrogen) atoms. The Morgan fingerprint density at radius 2 is 2.00 bits per heavy atom. The van der Waals surface area contributed by atoms with E-state index in [-0.39, 0.29) is 0 Å². The maximum atomic E-state index is 5.53. The van der Waals surface area contributed by atoms with Crippen molar-refractivity contribution in [1.82, 2.24) is 9.97 Å². The first-order chi connectivity index (χ1) is 8.52. The van der Waals surface area contributed by atoms with Crippen LogP contribution in [0.2, 0.25) is 0 Å². The lowest BCUT2D eigenvalue weighted by Gasteiger charge is -2.29. The van der Waals surface area contributed by atoms with E-state index in [2.05, 4.69) is 55.0 Å². The summed E-state index contributed by atoms with van der Waals surface area (Å²) in [4.78, 5) is 10.8. The Kier molecular flexibility index (Phi) is 5.34. The van der Waals surface area contributed by atoms with Gasteiger partial charge in [-0.25, -0.2) is 15.8 Å². The summed E-state index contributed by atoms with van der Waals surface area (Å²) in [5, 5.41) is 0. The van der Waals surface area contributed by atoms with Crippen molar-refractivity contribution in [1.29, 1.82) is 0 Å². The number of nitrogen functional groups attached to an aromatic ring is 1. The summed E-state index contributed by atoms with van der Waals surface area (Å²) < 4.78 is 0. The first-order valence-corrected chi connectivity index (χ1v) is 6.57. The molecule has 5 nitrogen and oxygen atoms in total. The van der Waals surface area contributed by atoms with E-state index in [9.17, 15) is 0 Å². The van der Waals surface area contributed by atoms with E-state index in [4.69, 9.17) is 5.84 Å². The average Bonchev–Trinajstić information content (AvgIpc) is 2.36. The fraction of sp³-hybridized carbons (Fsp3) is 0.692. The largest absolute Gasteiger partial charge is 0.357 e. The lowest BCUT2D eigenvalue weighted by molar-refractivity contribution is 0.606. The predicted molar refractivity (Wildman–Crippen MR) is 76.7 cm³/mol. The Hall–Kier alpha value is -1.36. The Balaban J connectivity index is 3.14. The zero-order valence-electron chi connectivity index (χ0n) is 12.1. The van der Waals surface area contributed by atoms with E-state index in [0.29, 0.717) is 17.8 Å². The van der Waals surface area contributed by atoms with Gasteiger partial charge in [-0.05, 0) is 19.3 Å². The van der Waals surface area contributed by atoms with Crippen LogP contribution < -0.4 is 16.2 Å². The Morgan fingerprint density at radius 1 is 1.33 bits per heavy atom. The molecule has 0 saturated carbocycles. The SMILES string of the molecule is CCCC(C)N(C)c1ncnc(NN)c1C(C)C. The fourth-order valence-electron chi connectivity index (χ4n) is 2.13. The van der Waals surface area contributed by atoms with Crippen molar-refractivity contribution in [2.45, 2.75) is 52.5 Å². The highest BCUT2D eigenvalue weighted by atomic mass is 15.3. The Morgan fingerprint density at radius 3 is 2.50 bits per heavy atom. The molecule has 1 aromatic heterocycles. The minimum absolute atomic E-state index is 0.323. The average molecular weight is 251 g/mol. The predicted octanol–water partition coefficient (Wildman–Crippen LogP) is 2.51. The van der Waals surface area contributed by atoms with Crippen LogP contribution >= 0.6 is 0 Å². The zero-order valence-corrected chi connectivity index (χ0v) is 12.1. The quantitative estimate of drug-likeness (QED) is 0.600. The van der Waals surface area contributed by atoms with Crippen LogP contribution in [0, 0.1) is 0 Å². The van der Waals surface area contributed by atoms with E-state index in [1.165, 1.54) is 0 Å². The number of anilines is 2. The van der Waals surface area contributed by atoms with Gasteiger partial charge in [-0.3, -0.25) is 0 Å². The molecular formula is C13H25N5. The number of nitrogens with one attached hydrogen (secondary N) is 1. The zero-order chi connectivity index (χ0) is 13.7. The van der Waals surface area contributed by atoms with Gasteiger partial charge in [0.25, 0.3) is 0 Å². The number of hydrogen-bond donors (Lipinski definition) is 2. The molecule has 3 N–H and O–H groups in total. The number of nitrogens with two attached hydrogens (primary N) is 1. The van der Waals surface area contributed by atoms with Crippen molar-refractivity contribution in [3.05, 3.63) is 11.9 Å². The normalized spacial score (nSPS) is 12.6. The fourth-order valence-corrected chi connectivity index (χ4v) is 2.13. The molecule has 0 bridgehead atoms. The van der Waals surface area contributed by atoms with Crippen LogP contribution in [-0.2, 0) is 0 Å². The molecule has 0 spiro atoms. The second-order valence-electron chi connectivity index (χ2n) is 5.01. The Labute approximate surface area is 110 Å². The Bertz CT molecular complexity index is 378. The maximum Gasteiger partial charge on any atom is 0.148 e. The summed E-state index contributed by atoms with van der Waals surface area (Å²) in [6, 6.07) is 0.452. The van der Waals surface area contributed by atoms with Crippen LogP contribution in [-0.4, -0.2) is 23.1 Å². The van der Waals surface area contributed by atoms with Crippen LogP contribution in [0.1, 0.15) is 52.0 Å². The second-order valence-corrected chi connectivity index (χ2v) is 5.01. The molecular weight excluding hydrogens is 226 g/mol. The van der Waals surface area contributed by atoms with Gasteiger partial charge in [0.15, 0.2) is 0 Å². The molecule has 0 amide bonds. The van der Waals surface area contributed by atoms with Crippen molar-refractivity contribution < 1.29 is 0 Å². The number of hydrazine groups is 1. The van der Waals surface area contributed by atoms with E-state index >= 15 is 0 Å². The third-order valence-corrected chi connectivity index (χ3v) is 3.28. The van der Waals surface area contributed by atoms with E-state index in [0.717, 1.165) is 24.2 Å². The molecule has 5 heteroatoms. The highest BCUT2D eigenvalue weighted by Crippen LogP contribution is 2.30. The molecule has 0 aliphatic heterocycles. The molecule has 0 fully saturated rings. The van der Waals surface area contributed by atoms with Crippen molar-refractivity contribution in [2.24, 2.45) is 5.84 Å². The first kappa shape index (κ1) is 14.7. The summed E-state index contributed by atoms with van der Waals surface area (Å²) in [5.41, 5.74) is 3.74. The standard InChI is InChI=1S/C13H25N5/c1-6-7-10(4)18(5)13-11(9(2)3)12(17-14)15-8-16-13/h8-10H,6-7,14H2,1-5H3,(H,15,16,17). The number of aromatic nitrogens is 2. The van der Waals surface area contributed by atoms with Crippen molar-refractivity contribution in [2.75, 3.05) is 17.4 Å². The first-order valence-electron chi connectivity index (χ1n) is 6.57. The van der Waals surface area contributed by atoms with Crippen molar-refractivity contribution in [3.8, 4) is 0 Å². The molecule has 0 aliphatic carbocycles.